The molecule has 8 heteroatoms. The Morgan fingerprint density at radius 1 is 1.04 bits per heavy atom. The van der Waals surface area contributed by atoms with Gasteiger partial charge in [-0.05, 0) is 12.8 Å². The highest BCUT2D eigenvalue weighted by Gasteiger charge is 2.63. The fourth-order valence-corrected chi connectivity index (χ4v) is 3.37. The molecule has 0 radical (unpaired) electrons. The van der Waals surface area contributed by atoms with Gasteiger partial charge in [-0.1, -0.05) is 64.7 Å². The molecule has 0 spiro atoms. The smallest absolute Gasteiger partial charge is 0.353 e. The zero-order valence-electron chi connectivity index (χ0n) is 15.3. The summed E-state index contributed by atoms with van der Waals surface area (Å²) in [6, 6.07) is 0. The third kappa shape index (κ3) is 5.95. The summed E-state index contributed by atoms with van der Waals surface area (Å²) in [4.78, 5) is 38.2. The van der Waals surface area contributed by atoms with Crippen LogP contribution in [0.25, 0.3) is 0 Å². The van der Waals surface area contributed by atoms with Crippen LogP contribution >= 0.6 is 0 Å². The Bertz CT molecular complexity index is 478. The van der Waals surface area contributed by atoms with E-state index in [9.17, 15) is 19.5 Å². The molecule has 0 aromatic heterocycles. The molecule has 0 amide bonds. The number of carboxylic acid groups (broad SMARTS) is 1. The second kappa shape index (κ2) is 11.1. The van der Waals surface area contributed by atoms with E-state index in [0.717, 1.165) is 25.7 Å². The van der Waals surface area contributed by atoms with Gasteiger partial charge in [0.05, 0.1) is 0 Å². The van der Waals surface area contributed by atoms with Gasteiger partial charge in [0.15, 0.2) is 5.60 Å². The lowest BCUT2D eigenvalue weighted by molar-refractivity contribution is -0.245. The summed E-state index contributed by atoms with van der Waals surface area (Å²) in [5, 5.41) is 28.1. The molecule has 8 nitrogen and oxygen atoms in total. The van der Waals surface area contributed by atoms with Crippen molar-refractivity contribution >= 4 is 17.9 Å². The molecule has 1 saturated heterocycles. The van der Waals surface area contributed by atoms with Gasteiger partial charge >= 0.3 is 17.9 Å². The van der Waals surface area contributed by atoms with Crippen LogP contribution in [0.1, 0.15) is 77.6 Å². The van der Waals surface area contributed by atoms with Crippen molar-refractivity contribution < 1.29 is 39.5 Å². The van der Waals surface area contributed by atoms with E-state index in [1.54, 1.807) is 0 Å². The highest BCUT2D eigenvalue weighted by atomic mass is 17.1. The largest absolute Gasteiger partial charge is 0.478 e. The van der Waals surface area contributed by atoms with Crippen LogP contribution < -0.4 is 0 Å². The first-order valence-corrected chi connectivity index (χ1v) is 9.40. The van der Waals surface area contributed by atoms with Gasteiger partial charge < -0.3 is 19.8 Å². The van der Waals surface area contributed by atoms with Crippen LogP contribution in [-0.4, -0.2) is 45.1 Å². The van der Waals surface area contributed by atoms with Crippen molar-refractivity contribution in [2.45, 2.75) is 89.3 Å². The molecule has 1 fully saturated rings. The molecule has 0 saturated carbocycles. The first-order valence-electron chi connectivity index (χ1n) is 9.40. The Labute approximate surface area is 153 Å². The lowest BCUT2D eigenvalue weighted by Gasteiger charge is -2.23. The summed E-state index contributed by atoms with van der Waals surface area (Å²) in [7, 11) is 0. The zero-order valence-corrected chi connectivity index (χ0v) is 15.3. The van der Waals surface area contributed by atoms with Crippen molar-refractivity contribution in [1.82, 2.24) is 0 Å². The molecule has 1 aliphatic heterocycles. The van der Waals surface area contributed by atoms with E-state index >= 15 is 0 Å². The molecule has 150 valence electrons. The monoisotopic (exact) mass is 374 g/mol. The van der Waals surface area contributed by atoms with Crippen molar-refractivity contribution in [3.8, 4) is 0 Å². The van der Waals surface area contributed by atoms with E-state index in [0.29, 0.717) is 6.42 Å². The van der Waals surface area contributed by atoms with Crippen molar-refractivity contribution in [1.29, 1.82) is 0 Å². The summed E-state index contributed by atoms with van der Waals surface area (Å²) < 4.78 is 4.62. The Balaban J connectivity index is 2.40. The highest BCUT2D eigenvalue weighted by Crippen LogP contribution is 2.37. The number of aliphatic carboxylic acids is 1. The van der Waals surface area contributed by atoms with Crippen molar-refractivity contribution in [3.63, 3.8) is 0 Å². The first-order chi connectivity index (χ1) is 12.4. The molecule has 0 aromatic rings. The predicted octanol–water partition coefficient (Wildman–Crippen LogP) is 2.67. The number of ether oxygens (including phenoxy) is 1. The number of unbranched alkanes of at least 4 members (excludes halogenated alkanes) is 9. The van der Waals surface area contributed by atoms with Crippen molar-refractivity contribution in [2.24, 2.45) is 5.92 Å². The van der Waals surface area contributed by atoms with Crippen LogP contribution in [-0.2, 0) is 24.0 Å². The maximum Gasteiger partial charge on any atom is 0.353 e. The molecule has 1 heterocycles. The number of aliphatic hydroxyl groups is 1. The molecule has 3 N–H and O–H groups in total. The van der Waals surface area contributed by atoms with Crippen LogP contribution in [0.15, 0.2) is 0 Å². The predicted molar refractivity (Wildman–Crippen MR) is 91.1 cm³/mol. The van der Waals surface area contributed by atoms with Gasteiger partial charge in [0.1, 0.15) is 5.92 Å². The summed E-state index contributed by atoms with van der Waals surface area (Å²) in [5.74, 6) is -5.92. The molecule has 0 aromatic carbocycles. The van der Waals surface area contributed by atoms with Crippen LogP contribution in [0.3, 0.4) is 0 Å². The molecular weight excluding hydrogens is 344 g/mol. The number of rotatable bonds is 13. The maximum absolute atomic E-state index is 11.9. The number of carbonyl (C=O) groups is 3. The first kappa shape index (κ1) is 22.4. The van der Waals surface area contributed by atoms with Gasteiger partial charge in [0, 0.05) is 0 Å². The van der Waals surface area contributed by atoms with E-state index in [-0.39, 0.29) is 6.42 Å². The maximum atomic E-state index is 11.9. The van der Waals surface area contributed by atoms with Gasteiger partial charge in [-0.15, -0.1) is 0 Å². The summed E-state index contributed by atoms with van der Waals surface area (Å²) >= 11 is 0. The standard InChI is InChI=1S/C18H30O8/c1-2-3-4-5-6-7-8-9-10-11-12-18(23)13(16(21)26-24)14(15(19)20)25-17(18)22/h13-14,23-24H,2-12H2,1H3,(H,19,20). The Hall–Kier alpha value is -1.67. The highest BCUT2D eigenvalue weighted by molar-refractivity contribution is 5.96. The summed E-state index contributed by atoms with van der Waals surface area (Å²) in [6.07, 6.45) is 8.48. The molecule has 1 rings (SSSR count). The fraction of sp³-hybridized carbons (Fsp3) is 0.833. The third-order valence-corrected chi connectivity index (χ3v) is 4.90. The van der Waals surface area contributed by atoms with Crippen molar-refractivity contribution in [2.75, 3.05) is 0 Å². The zero-order chi connectivity index (χ0) is 19.6. The number of esters is 1. The second-order valence-corrected chi connectivity index (χ2v) is 6.91. The minimum Gasteiger partial charge on any atom is -0.478 e. The van der Waals surface area contributed by atoms with Gasteiger partial charge in [-0.2, -0.15) is 5.26 Å². The Morgan fingerprint density at radius 2 is 1.54 bits per heavy atom. The number of carboxylic acids is 1. The van der Waals surface area contributed by atoms with Crippen LogP contribution in [0.2, 0.25) is 0 Å². The van der Waals surface area contributed by atoms with E-state index in [1.165, 1.54) is 32.1 Å². The Morgan fingerprint density at radius 3 is 2.00 bits per heavy atom. The quantitative estimate of drug-likeness (QED) is 0.194. The van der Waals surface area contributed by atoms with Crippen molar-refractivity contribution in [3.05, 3.63) is 0 Å². The van der Waals surface area contributed by atoms with Crippen LogP contribution in [0.5, 0.6) is 0 Å². The lowest BCUT2D eigenvalue weighted by Crippen LogP contribution is -2.48. The average Bonchev–Trinajstić information content (AvgIpc) is 2.88. The minimum absolute atomic E-state index is 0.119. The van der Waals surface area contributed by atoms with Crippen LogP contribution in [0, 0.1) is 5.92 Å². The molecule has 3 atom stereocenters. The third-order valence-electron chi connectivity index (χ3n) is 4.90. The van der Waals surface area contributed by atoms with Gasteiger partial charge in [0.2, 0.25) is 6.10 Å². The van der Waals surface area contributed by atoms with E-state index in [2.05, 4.69) is 16.5 Å². The van der Waals surface area contributed by atoms with Gasteiger partial charge in [-0.25, -0.2) is 14.4 Å². The van der Waals surface area contributed by atoms with Gasteiger partial charge in [0.25, 0.3) is 0 Å². The molecule has 0 bridgehead atoms. The minimum atomic E-state index is -2.29. The van der Waals surface area contributed by atoms with E-state index < -0.39 is 35.5 Å². The van der Waals surface area contributed by atoms with Crippen LogP contribution in [0.4, 0.5) is 0 Å². The number of hydrogen-bond donors (Lipinski definition) is 3. The fourth-order valence-electron chi connectivity index (χ4n) is 3.37. The second-order valence-electron chi connectivity index (χ2n) is 6.91. The summed E-state index contributed by atoms with van der Waals surface area (Å²) in [5.41, 5.74) is -2.29. The van der Waals surface area contributed by atoms with Gasteiger partial charge in [-0.3, -0.25) is 0 Å². The molecule has 3 unspecified atom stereocenters. The SMILES string of the molecule is CCCCCCCCCCCCC1(O)C(=O)OC(C(=O)O)C1C(=O)OO. The van der Waals surface area contributed by atoms with E-state index in [1.807, 2.05) is 0 Å². The molecular formula is C18H30O8. The number of cyclic esters (lactones) is 1. The average molecular weight is 374 g/mol. The number of hydrogen-bond acceptors (Lipinski definition) is 7. The number of carbonyl (C=O) groups excluding carboxylic acids is 2. The topological polar surface area (TPSA) is 130 Å². The molecule has 0 aliphatic carbocycles. The molecule has 1 aliphatic rings. The van der Waals surface area contributed by atoms with E-state index in [4.69, 9.17) is 10.4 Å². The molecule has 26 heavy (non-hydrogen) atoms. The Kier molecular flexibility index (Phi) is 9.58. The lowest BCUT2D eigenvalue weighted by atomic mass is 9.82. The summed E-state index contributed by atoms with van der Waals surface area (Å²) in [6.45, 7) is 2.18. The normalized spacial score (nSPS) is 25.1.